The van der Waals surface area contributed by atoms with Gasteiger partial charge in [0.05, 0.1) is 0 Å². The predicted molar refractivity (Wildman–Crippen MR) is 65.9 cm³/mol. The fraction of sp³-hybridized carbons (Fsp3) is 0.300. The highest BCUT2D eigenvalue weighted by Gasteiger charge is 2.05. The Bertz CT molecular complexity index is 365. The van der Waals surface area contributed by atoms with Crippen LogP contribution in [0.1, 0.15) is 11.1 Å². The maximum absolute atomic E-state index is 5.43. The monoisotopic (exact) mass is 273 g/mol. The summed E-state index contributed by atoms with van der Waals surface area (Å²) in [5.41, 5.74) is 2.18. The third kappa shape index (κ3) is 2.69. The average molecular weight is 274 g/mol. The first kappa shape index (κ1) is 11.5. The zero-order chi connectivity index (χ0) is 10.7. The lowest BCUT2D eigenvalue weighted by Gasteiger charge is -2.10. The molecule has 0 aliphatic rings. The van der Waals surface area contributed by atoms with Crippen LogP contribution in [-0.2, 0) is 0 Å². The van der Waals surface area contributed by atoms with Crippen molar-refractivity contribution in [2.24, 2.45) is 0 Å². The molecule has 0 aliphatic heterocycles. The molecule has 0 amide bonds. The van der Waals surface area contributed by atoms with Gasteiger partial charge in [0.25, 0.3) is 5.17 Å². The number of hydrogen-bond donors (Lipinski definition) is 1. The number of hydrogen-bond acceptors (Lipinski definition) is 2. The van der Waals surface area contributed by atoms with E-state index in [0.717, 1.165) is 21.3 Å². The summed E-state index contributed by atoms with van der Waals surface area (Å²) < 4.78 is 6.51. The molecule has 0 bridgehead atoms. The molecule has 0 heterocycles. The molecule has 0 saturated heterocycles. The molecule has 0 aromatic heterocycles. The molecular formula is C10H12BrNOS. The van der Waals surface area contributed by atoms with E-state index in [4.69, 9.17) is 17.0 Å². The van der Waals surface area contributed by atoms with Crippen LogP contribution in [0.2, 0.25) is 0 Å². The minimum absolute atomic E-state index is 0.384. The topological polar surface area (TPSA) is 21.3 Å². The third-order valence-corrected chi connectivity index (χ3v) is 3.00. The zero-order valence-electron chi connectivity index (χ0n) is 8.35. The Hall–Kier alpha value is -0.610. The quantitative estimate of drug-likeness (QED) is 0.795. The van der Waals surface area contributed by atoms with Crippen LogP contribution in [0.5, 0.6) is 5.75 Å². The number of rotatable bonds is 1. The Kier molecular flexibility index (Phi) is 3.89. The number of nitrogens with one attached hydrogen (secondary N) is 1. The van der Waals surface area contributed by atoms with Crippen molar-refractivity contribution in [2.75, 3.05) is 7.05 Å². The van der Waals surface area contributed by atoms with Crippen molar-refractivity contribution in [3.05, 3.63) is 27.7 Å². The van der Waals surface area contributed by atoms with Crippen molar-refractivity contribution >= 4 is 33.3 Å². The molecule has 0 unspecified atom stereocenters. The second-order valence-corrected chi connectivity index (χ2v) is 4.23. The van der Waals surface area contributed by atoms with Gasteiger partial charge in [-0.15, -0.1) is 0 Å². The minimum Gasteiger partial charge on any atom is -0.432 e. The van der Waals surface area contributed by atoms with E-state index in [1.54, 1.807) is 7.05 Å². The van der Waals surface area contributed by atoms with Gasteiger partial charge in [0.2, 0.25) is 0 Å². The van der Waals surface area contributed by atoms with Crippen LogP contribution in [0.4, 0.5) is 0 Å². The summed E-state index contributed by atoms with van der Waals surface area (Å²) in [5.74, 6) is 0.796. The van der Waals surface area contributed by atoms with Gasteiger partial charge in [-0.2, -0.15) is 0 Å². The molecule has 4 heteroatoms. The van der Waals surface area contributed by atoms with E-state index in [1.165, 1.54) is 0 Å². The van der Waals surface area contributed by atoms with Gasteiger partial charge in [-0.25, -0.2) is 0 Å². The highest BCUT2D eigenvalue weighted by Crippen LogP contribution is 2.26. The summed E-state index contributed by atoms with van der Waals surface area (Å²) in [5, 5.41) is 3.16. The van der Waals surface area contributed by atoms with E-state index in [1.807, 2.05) is 26.0 Å². The minimum atomic E-state index is 0.384. The fourth-order valence-electron chi connectivity index (χ4n) is 1.02. The second-order valence-electron chi connectivity index (χ2n) is 3.01. The molecule has 1 aromatic carbocycles. The van der Waals surface area contributed by atoms with E-state index >= 15 is 0 Å². The van der Waals surface area contributed by atoms with E-state index in [2.05, 4.69) is 21.2 Å². The molecule has 0 fully saturated rings. The molecule has 0 aliphatic carbocycles. The lowest BCUT2D eigenvalue weighted by atomic mass is 10.1. The SMILES string of the molecule is CNC(=S)Oc1cc(C)c(Br)cc1C. The number of halogens is 1. The van der Waals surface area contributed by atoms with Crippen LogP contribution in [0, 0.1) is 13.8 Å². The summed E-state index contributed by atoms with van der Waals surface area (Å²) in [4.78, 5) is 0. The van der Waals surface area contributed by atoms with Gasteiger partial charge in [-0.1, -0.05) is 15.9 Å². The van der Waals surface area contributed by atoms with E-state index < -0.39 is 0 Å². The van der Waals surface area contributed by atoms with Crippen molar-refractivity contribution in [2.45, 2.75) is 13.8 Å². The maximum atomic E-state index is 5.43. The Morgan fingerprint density at radius 2 is 2.00 bits per heavy atom. The summed E-state index contributed by atoms with van der Waals surface area (Å²) in [6.45, 7) is 4.00. The molecule has 0 atom stereocenters. The first-order chi connectivity index (χ1) is 6.54. The van der Waals surface area contributed by atoms with Crippen LogP contribution in [-0.4, -0.2) is 12.2 Å². The third-order valence-electron chi connectivity index (χ3n) is 1.86. The molecule has 1 aromatic rings. The molecule has 0 radical (unpaired) electrons. The van der Waals surface area contributed by atoms with Crippen LogP contribution in [0.3, 0.4) is 0 Å². The number of benzene rings is 1. The number of ether oxygens (including phenoxy) is 1. The fourth-order valence-corrected chi connectivity index (χ4v) is 1.56. The van der Waals surface area contributed by atoms with Crippen LogP contribution in [0.25, 0.3) is 0 Å². The average Bonchev–Trinajstić information content (AvgIpc) is 2.14. The van der Waals surface area contributed by atoms with Crippen LogP contribution in [0.15, 0.2) is 16.6 Å². The van der Waals surface area contributed by atoms with E-state index in [9.17, 15) is 0 Å². The Labute approximate surface area is 97.8 Å². The molecule has 0 spiro atoms. The van der Waals surface area contributed by atoms with Gasteiger partial charge in [0.15, 0.2) is 0 Å². The number of aryl methyl sites for hydroxylation is 2. The second kappa shape index (κ2) is 4.75. The highest BCUT2D eigenvalue weighted by atomic mass is 79.9. The molecule has 1 N–H and O–H groups in total. The van der Waals surface area contributed by atoms with Gasteiger partial charge >= 0.3 is 0 Å². The smallest absolute Gasteiger partial charge is 0.261 e. The normalized spacial score (nSPS) is 9.71. The van der Waals surface area contributed by atoms with Crippen molar-refractivity contribution in [1.82, 2.24) is 5.32 Å². The Morgan fingerprint density at radius 3 is 2.57 bits per heavy atom. The summed E-state index contributed by atoms with van der Waals surface area (Å²) in [6.07, 6.45) is 0. The van der Waals surface area contributed by atoms with Gasteiger partial charge in [0, 0.05) is 11.5 Å². The zero-order valence-corrected chi connectivity index (χ0v) is 10.8. The molecule has 76 valence electrons. The Balaban J connectivity index is 2.98. The van der Waals surface area contributed by atoms with Crippen molar-refractivity contribution in [3.63, 3.8) is 0 Å². The molecule has 14 heavy (non-hydrogen) atoms. The van der Waals surface area contributed by atoms with Gasteiger partial charge in [0.1, 0.15) is 5.75 Å². The maximum Gasteiger partial charge on any atom is 0.261 e. The first-order valence-corrected chi connectivity index (χ1v) is 5.41. The summed E-state index contributed by atoms with van der Waals surface area (Å²) in [6, 6.07) is 3.98. The summed E-state index contributed by atoms with van der Waals surface area (Å²) in [7, 11) is 1.74. The Morgan fingerprint density at radius 1 is 1.36 bits per heavy atom. The molecule has 0 saturated carbocycles. The first-order valence-electron chi connectivity index (χ1n) is 4.21. The highest BCUT2D eigenvalue weighted by molar-refractivity contribution is 9.10. The molecule has 1 rings (SSSR count). The van der Waals surface area contributed by atoms with Gasteiger partial charge in [-0.3, -0.25) is 0 Å². The van der Waals surface area contributed by atoms with Crippen molar-refractivity contribution in [3.8, 4) is 5.75 Å². The lowest BCUT2D eigenvalue weighted by Crippen LogP contribution is -2.22. The standard InChI is InChI=1S/C10H12BrNOS/c1-6-5-9(13-10(14)12-3)7(2)4-8(6)11/h4-5H,1-3H3,(H,12,14). The van der Waals surface area contributed by atoms with Crippen LogP contribution < -0.4 is 10.1 Å². The summed E-state index contributed by atoms with van der Waals surface area (Å²) >= 11 is 8.39. The molecule has 2 nitrogen and oxygen atoms in total. The van der Waals surface area contributed by atoms with Crippen molar-refractivity contribution < 1.29 is 4.74 Å². The molecular weight excluding hydrogens is 262 g/mol. The lowest BCUT2D eigenvalue weighted by molar-refractivity contribution is 0.536. The van der Waals surface area contributed by atoms with Crippen molar-refractivity contribution in [1.29, 1.82) is 0 Å². The van der Waals surface area contributed by atoms with E-state index in [-0.39, 0.29) is 0 Å². The van der Waals surface area contributed by atoms with Gasteiger partial charge in [-0.05, 0) is 49.3 Å². The number of thiocarbonyl (C=S) groups is 1. The van der Waals surface area contributed by atoms with E-state index in [0.29, 0.717) is 5.17 Å². The largest absolute Gasteiger partial charge is 0.432 e. The predicted octanol–water partition coefficient (Wildman–Crippen LogP) is 2.95. The van der Waals surface area contributed by atoms with Crippen LogP contribution >= 0.6 is 28.1 Å². The van der Waals surface area contributed by atoms with Gasteiger partial charge < -0.3 is 10.1 Å².